The Morgan fingerprint density at radius 2 is 2.12 bits per heavy atom. The highest BCUT2D eigenvalue weighted by Gasteiger charge is 2.32. The second-order valence-electron chi connectivity index (χ2n) is 6.04. The maximum absolute atomic E-state index is 12.3. The summed E-state index contributed by atoms with van der Waals surface area (Å²) in [5.41, 5.74) is 1.89. The van der Waals surface area contributed by atoms with Crippen LogP contribution in [0.5, 0.6) is 0 Å². The predicted molar refractivity (Wildman–Crippen MR) is 95.0 cm³/mol. The van der Waals surface area contributed by atoms with Crippen molar-refractivity contribution in [2.24, 2.45) is 0 Å². The molecular formula is C16H19N3O4S2. The van der Waals surface area contributed by atoms with Gasteiger partial charge in [0.1, 0.15) is 0 Å². The molecule has 1 unspecified atom stereocenters. The Labute approximate surface area is 150 Å². The molecule has 7 nitrogen and oxygen atoms in total. The second kappa shape index (κ2) is 7.17. The van der Waals surface area contributed by atoms with Gasteiger partial charge >= 0.3 is 0 Å². The van der Waals surface area contributed by atoms with E-state index in [-0.39, 0.29) is 29.2 Å². The molecule has 1 fully saturated rings. The lowest BCUT2D eigenvalue weighted by atomic mass is 10.1. The lowest BCUT2D eigenvalue weighted by Gasteiger charge is -2.22. The molecular weight excluding hydrogens is 362 g/mol. The fourth-order valence-corrected chi connectivity index (χ4v) is 5.16. The van der Waals surface area contributed by atoms with Crippen LogP contribution in [-0.2, 0) is 14.6 Å². The number of sulfone groups is 1. The predicted octanol–water partition coefficient (Wildman–Crippen LogP) is 1.78. The number of hydrogen-bond acceptors (Lipinski definition) is 7. The third-order valence-corrected chi connectivity index (χ3v) is 6.80. The summed E-state index contributed by atoms with van der Waals surface area (Å²) in [4.78, 5) is 13.8. The molecule has 0 N–H and O–H groups in total. The van der Waals surface area contributed by atoms with E-state index in [1.165, 1.54) is 4.90 Å². The molecule has 134 valence electrons. The summed E-state index contributed by atoms with van der Waals surface area (Å²) < 4.78 is 28.7. The third-order valence-electron chi connectivity index (χ3n) is 4.25. The molecule has 1 saturated heterocycles. The van der Waals surface area contributed by atoms with Gasteiger partial charge in [0.2, 0.25) is 11.8 Å². The van der Waals surface area contributed by atoms with E-state index in [2.05, 4.69) is 10.2 Å². The van der Waals surface area contributed by atoms with Gasteiger partial charge in [-0.3, -0.25) is 4.79 Å². The van der Waals surface area contributed by atoms with E-state index >= 15 is 0 Å². The molecule has 1 aliphatic rings. The summed E-state index contributed by atoms with van der Waals surface area (Å²) >= 11 is 1.16. The maximum atomic E-state index is 12.3. The van der Waals surface area contributed by atoms with Crippen molar-refractivity contribution >= 4 is 27.5 Å². The first kappa shape index (κ1) is 17.9. The minimum absolute atomic E-state index is 0.0396. The van der Waals surface area contributed by atoms with Gasteiger partial charge in [0.05, 0.1) is 17.3 Å². The number of aryl methyl sites for hydroxylation is 1. The topological polar surface area (TPSA) is 93.4 Å². The van der Waals surface area contributed by atoms with Crippen molar-refractivity contribution < 1.29 is 17.6 Å². The second-order valence-corrected chi connectivity index (χ2v) is 9.19. The Kier molecular flexibility index (Phi) is 5.14. The van der Waals surface area contributed by atoms with Gasteiger partial charge in [-0.15, -0.1) is 10.2 Å². The Morgan fingerprint density at radius 1 is 1.36 bits per heavy atom. The van der Waals surface area contributed by atoms with Crippen LogP contribution in [0.2, 0.25) is 0 Å². The Morgan fingerprint density at radius 3 is 2.80 bits per heavy atom. The summed E-state index contributed by atoms with van der Waals surface area (Å²) in [6.07, 6.45) is 0.493. The standard InChI is InChI=1S/C16H19N3O4S2/c1-11-5-3-4-6-13(11)15-17-18-16(23-15)24-9-14(20)19(2)12-7-8-25(21,22)10-12/h3-6,12H,7-10H2,1-2H3. The van der Waals surface area contributed by atoms with Crippen LogP contribution < -0.4 is 0 Å². The molecule has 1 atom stereocenters. The summed E-state index contributed by atoms with van der Waals surface area (Å²) in [5.74, 6) is 0.581. The molecule has 1 aromatic heterocycles. The molecule has 2 heterocycles. The van der Waals surface area contributed by atoms with E-state index in [0.29, 0.717) is 17.5 Å². The Bertz CT molecular complexity index is 879. The zero-order valence-electron chi connectivity index (χ0n) is 14.0. The van der Waals surface area contributed by atoms with Gasteiger partial charge < -0.3 is 9.32 Å². The van der Waals surface area contributed by atoms with Gasteiger partial charge in [0, 0.05) is 18.7 Å². The Hall–Kier alpha value is -1.87. The number of aromatic nitrogens is 2. The minimum atomic E-state index is -3.01. The molecule has 1 amide bonds. The molecule has 0 radical (unpaired) electrons. The fourth-order valence-electron chi connectivity index (χ4n) is 2.70. The lowest BCUT2D eigenvalue weighted by Crippen LogP contribution is -2.38. The van der Waals surface area contributed by atoms with E-state index in [4.69, 9.17) is 4.42 Å². The maximum Gasteiger partial charge on any atom is 0.277 e. The smallest absolute Gasteiger partial charge is 0.277 e. The van der Waals surface area contributed by atoms with Gasteiger partial charge in [-0.2, -0.15) is 0 Å². The van der Waals surface area contributed by atoms with Crippen LogP contribution >= 0.6 is 11.8 Å². The number of thioether (sulfide) groups is 1. The van der Waals surface area contributed by atoms with Crippen molar-refractivity contribution in [3.8, 4) is 11.5 Å². The van der Waals surface area contributed by atoms with Crippen molar-refractivity contribution in [3.63, 3.8) is 0 Å². The first-order chi connectivity index (χ1) is 11.9. The van der Waals surface area contributed by atoms with E-state index in [1.807, 2.05) is 31.2 Å². The van der Waals surface area contributed by atoms with Crippen molar-refractivity contribution in [3.05, 3.63) is 29.8 Å². The van der Waals surface area contributed by atoms with Crippen molar-refractivity contribution in [2.45, 2.75) is 24.6 Å². The van der Waals surface area contributed by atoms with Crippen LogP contribution in [0.3, 0.4) is 0 Å². The molecule has 3 rings (SSSR count). The average Bonchev–Trinajstić information content (AvgIpc) is 3.18. The van der Waals surface area contributed by atoms with Gasteiger partial charge in [-0.05, 0) is 25.0 Å². The van der Waals surface area contributed by atoms with Gasteiger partial charge in [0.15, 0.2) is 9.84 Å². The van der Waals surface area contributed by atoms with Crippen LogP contribution in [-0.4, -0.2) is 59.8 Å². The van der Waals surface area contributed by atoms with E-state index in [1.54, 1.807) is 7.05 Å². The van der Waals surface area contributed by atoms with Crippen molar-refractivity contribution in [1.82, 2.24) is 15.1 Å². The molecule has 0 bridgehead atoms. The number of nitrogens with zero attached hydrogens (tertiary/aromatic N) is 3. The highest BCUT2D eigenvalue weighted by Crippen LogP contribution is 2.26. The molecule has 1 aromatic carbocycles. The minimum Gasteiger partial charge on any atom is -0.411 e. The number of hydrogen-bond donors (Lipinski definition) is 0. The molecule has 9 heteroatoms. The largest absolute Gasteiger partial charge is 0.411 e. The summed E-state index contributed by atoms with van der Waals surface area (Å²) in [6, 6.07) is 7.44. The van der Waals surface area contributed by atoms with Gasteiger partial charge in [0.25, 0.3) is 5.22 Å². The highest BCUT2D eigenvalue weighted by atomic mass is 32.2. The zero-order valence-corrected chi connectivity index (χ0v) is 15.6. The first-order valence-corrected chi connectivity index (χ1v) is 10.6. The quantitative estimate of drug-likeness (QED) is 0.729. The highest BCUT2D eigenvalue weighted by molar-refractivity contribution is 7.99. The molecule has 0 saturated carbocycles. The Balaban J connectivity index is 1.59. The SMILES string of the molecule is Cc1ccccc1-c1nnc(SCC(=O)N(C)C2CCS(=O)(=O)C2)o1. The van der Waals surface area contributed by atoms with Crippen LogP contribution in [0.1, 0.15) is 12.0 Å². The van der Waals surface area contributed by atoms with Crippen LogP contribution in [0.25, 0.3) is 11.5 Å². The van der Waals surface area contributed by atoms with E-state index < -0.39 is 9.84 Å². The number of benzene rings is 1. The summed E-state index contributed by atoms with van der Waals surface area (Å²) in [6.45, 7) is 1.96. The van der Waals surface area contributed by atoms with Gasteiger partial charge in [-0.1, -0.05) is 30.0 Å². The molecule has 2 aromatic rings. The molecule has 25 heavy (non-hydrogen) atoms. The summed E-state index contributed by atoms with van der Waals surface area (Å²) in [5, 5.41) is 8.31. The van der Waals surface area contributed by atoms with Gasteiger partial charge in [-0.25, -0.2) is 8.42 Å². The third kappa shape index (κ3) is 4.21. The number of carbonyl (C=O) groups excluding carboxylic acids is 1. The van der Waals surface area contributed by atoms with E-state index in [9.17, 15) is 13.2 Å². The van der Waals surface area contributed by atoms with Crippen LogP contribution in [0.4, 0.5) is 0 Å². The monoisotopic (exact) mass is 381 g/mol. The van der Waals surface area contributed by atoms with Crippen LogP contribution in [0, 0.1) is 6.92 Å². The van der Waals surface area contributed by atoms with Crippen molar-refractivity contribution in [1.29, 1.82) is 0 Å². The lowest BCUT2D eigenvalue weighted by molar-refractivity contribution is -0.128. The van der Waals surface area contributed by atoms with Crippen LogP contribution in [0.15, 0.2) is 33.9 Å². The number of amides is 1. The normalized spacial score (nSPS) is 19.0. The number of rotatable bonds is 5. The molecule has 0 aliphatic carbocycles. The first-order valence-electron chi connectivity index (χ1n) is 7.84. The zero-order chi connectivity index (χ0) is 18.0. The average molecular weight is 381 g/mol. The molecule has 1 aliphatic heterocycles. The summed E-state index contributed by atoms with van der Waals surface area (Å²) in [7, 11) is -1.37. The molecule has 0 spiro atoms. The number of carbonyl (C=O) groups is 1. The van der Waals surface area contributed by atoms with E-state index in [0.717, 1.165) is 22.9 Å². The fraction of sp³-hybridized carbons (Fsp3) is 0.438. The van der Waals surface area contributed by atoms with Crippen molar-refractivity contribution in [2.75, 3.05) is 24.3 Å².